The SMILES string of the molecule is CNC(CCC1CCCCO1)Cc1ccc(Cl)cc1Cl. The van der Waals surface area contributed by atoms with Crippen molar-refractivity contribution < 1.29 is 4.74 Å². The Balaban J connectivity index is 1.84. The molecule has 1 saturated heterocycles. The summed E-state index contributed by atoms with van der Waals surface area (Å²) in [7, 11) is 2.01. The van der Waals surface area contributed by atoms with Gasteiger partial charge >= 0.3 is 0 Å². The van der Waals surface area contributed by atoms with E-state index in [4.69, 9.17) is 27.9 Å². The number of halogens is 2. The van der Waals surface area contributed by atoms with Crippen molar-refractivity contribution in [2.75, 3.05) is 13.7 Å². The lowest BCUT2D eigenvalue weighted by Crippen LogP contribution is -2.30. The van der Waals surface area contributed by atoms with Gasteiger partial charge in [0.1, 0.15) is 0 Å². The molecule has 1 aromatic rings. The molecule has 0 amide bonds. The Morgan fingerprint density at radius 3 is 2.85 bits per heavy atom. The van der Waals surface area contributed by atoms with Gasteiger partial charge in [0, 0.05) is 22.7 Å². The smallest absolute Gasteiger partial charge is 0.0575 e. The monoisotopic (exact) mass is 315 g/mol. The Hall–Kier alpha value is -0.280. The molecule has 20 heavy (non-hydrogen) atoms. The molecule has 1 aromatic carbocycles. The predicted octanol–water partition coefficient (Wildman–Crippen LogP) is 4.47. The Labute approximate surface area is 131 Å². The number of hydrogen-bond donors (Lipinski definition) is 1. The predicted molar refractivity (Wildman–Crippen MR) is 85.8 cm³/mol. The summed E-state index contributed by atoms with van der Waals surface area (Å²) in [5.74, 6) is 0. The van der Waals surface area contributed by atoms with Gasteiger partial charge in [-0.25, -0.2) is 0 Å². The molecule has 2 rings (SSSR count). The van der Waals surface area contributed by atoms with Gasteiger partial charge in [0.15, 0.2) is 0 Å². The first-order valence-corrected chi connectivity index (χ1v) is 8.17. The number of hydrogen-bond acceptors (Lipinski definition) is 2. The second-order valence-electron chi connectivity index (χ2n) is 5.49. The molecule has 1 heterocycles. The molecule has 1 aliphatic rings. The van der Waals surface area contributed by atoms with E-state index in [1.807, 2.05) is 25.2 Å². The molecule has 0 radical (unpaired) electrons. The molecule has 4 heteroatoms. The van der Waals surface area contributed by atoms with Crippen molar-refractivity contribution in [2.24, 2.45) is 0 Å². The first-order valence-electron chi connectivity index (χ1n) is 7.42. The van der Waals surface area contributed by atoms with E-state index in [-0.39, 0.29) is 0 Å². The molecule has 1 aliphatic heterocycles. The molecular weight excluding hydrogens is 293 g/mol. The fraction of sp³-hybridized carbons (Fsp3) is 0.625. The minimum absolute atomic E-state index is 0.430. The molecular formula is C16H23Cl2NO. The number of ether oxygens (including phenoxy) is 1. The summed E-state index contributed by atoms with van der Waals surface area (Å²) in [6.07, 6.45) is 7.33. The molecule has 1 N–H and O–H groups in total. The maximum absolute atomic E-state index is 6.24. The third-order valence-corrected chi connectivity index (χ3v) is 4.59. The van der Waals surface area contributed by atoms with E-state index >= 15 is 0 Å². The highest BCUT2D eigenvalue weighted by molar-refractivity contribution is 6.35. The molecule has 2 nitrogen and oxygen atoms in total. The van der Waals surface area contributed by atoms with Crippen LogP contribution >= 0.6 is 23.2 Å². The Kier molecular flexibility index (Phi) is 6.63. The second-order valence-corrected chi connectivity index (χ2v) is 6.34. The van der Waals surface area contributed by atoms with Crippen LogP contribution in [0.4, 0.5) is 0 Å². The molecule has 0 aliphatic carbocycles. The minimum Gasteiger partial charge on any atom is -0.378 e. The molecule has 0 bridgehead atoms. The highest BCUT2D eigenvalue weighted by atomic mass is 35.5. The van der Waals surface area contributed by atoms with Gasteiger partial charge in [0.05, 0.1) is 6.10 Å². The third kappa shape index (κ3) is 4.92. The molecule has 0 spiro atoms. The summed E-state index contributed by atoms with van der Waals surface area (Å²) in [6.45, 7) is 0.928. The van der Waals surface area contributed by atoms with Gasteiger partial charge in [-0.15, -0.1) is 0 Å². The van der Waals surface area contributed by atoms with Gasteiger partial charge in [0.25, 0.3) is 0 Å². The average molecular weight is 316 g/mol. The van der Waals surface area contributed by atoms with E-state index in [2.05, 4.69) is 5.32 Å². The number of benzene rings is 1. The van der Waals surface area contributed by atoms with Crippen molar-refractivity contribution >= 4 is 23.2 Å². The van der Waals surface area contributed by atoms with Gasteiger partial charge in [-0.1, -0.05) is 29.3 Å². The largest absolute Gasteiger partial charge is 0.378 e. The van der Waals surface area contributed by atoms with Crippen LogP contribution in [0.25, 0.3) is 0 Å². The normalized spacial score (nSPS) is 20.9. The van der Waals surface area contributed by atoms with Crippen LogP contribution < -0.4 is 5.32 Å². The summed E-state index contributed by atoms with van der Waals surface area (Å²) in [5, 5.41) is 4.83. The summed E-state index contributed by atoms with van der Waals surface area (Å²) < 4.78 is 5.79. The highest BCUT2D eigenvalue weighted by Crippen LogP contribution is 2.24. The van der Waals surface area contributed by atoms with E-state index in [9.17, 15) is 0 Å². The lowest BCUT2D eigenvalue weighted by Gasteiger charge is -2.25. The molecule has 0 aromatic heterocycles. The van der Waals surface area contributed by atoms with Crippen molar-refractivity contribution in [3.05, 3.63) is 33.8 Å². The van der Waals surface area contributed by atoms with Gasteiger partial charge in [0.2, 0.25) is 0 Å². The third-order valence-electron chi connectivity index (χ3n) is 4.00. The van der Waals surface area contributed by atoms with Crippen molar-refractivity contribution in [3.63, 3.8) is 0 Å². The summed E-state index contributed by atoms with van der Waals surface area (Å²) in [4.78, 5) is 0. The van der Waals surface area contributed by atoms with Crippen LogP contribution in [-0.2, 0) is 11.2 Å². The standard InChI is InChI=1S/C16H23Cl2NO/c1-19-14(7-8-15-4-2-3-9-20-15)10-12-5-6-13(17)11-16(12)18/h5-6,11,14-15,19H,2-4,7-10H2,1H3. The molecule has 1 fully saturated rings. The fourth-order valence-corrected chi connectivity index (χ4v) is 3.21. The summed E-state index contributed by atoms with van der Waals surface area (Å²) >= 11 is 12.2. The van der Waals surface area contributed by atoms with E-state index in [0.29, 0.717) is 17.2 Å². The topological polar surface area (TPSA) is 21.3 Å². The molecule has 2 atom stereocenters. The van der Waals surface area contributed by atoms with Gasteiger partial charge in [-0.05, 0) is 63.3 Å². The van der Waals surface area contributed by atoms with Crippen LogP contribution in [0.3, 0.4) is 0 Å². The lowest BCUT2D eigenvalue weighted by atomic mass is 9.97. The van der Waals surface area contributed by atoms with Crippen LogP contribution in [0.1, 0.15) is 37.7 Å². The first-order chi connectivity index (χ1) is 9.69. The Morgan fingerprint density at radius 2 is 2.20 bits per heavy atom. The van der Waals surface area contributed by atoms with Crippen molar-refractivity contribution in [3.8, 4) is 0 Å². The van der Waals surface area contributed by atoms with Crippen LogP contribution in [0.5, 0.6) is 0 Å². The zero-order chi connectivity index (χ0) is 14.4. The zero-order valence-corrected chi connectivity index (χ0v) is 13.5. The van der Waals surface area contributed by atoms with Crippen LogP contribution in [0, 0.1) is 0 Å². The number of nitrogens with one attached hydrogen (secondary N) is 1. The van der Waals surface area contributed by atoms with Crippen LogP contribution in [0.2, 0.25) is 10.0 Å². The van der Waals surface area contributed by atoms with Crippen molar-refractivity contribution in [1.82, 2.24) is 5.32 Å². The highest BCUT2D eigenvalue weighted by Gasteiger charge is 2.17. The van der Waals surface area contributed by atoms with E-state index in [1.54, 1.807) is 0 Å². The van der Waals surface area contributed by atoms with Gasteiger partial charge in [-0.3, -0.25) is 0 Å². The zero-order valence-electron chi connectivity index (χ0n) is 12.0. The van der Waals surface area contributed by atoms with Crippen LogP contribution in [-0.4, -0.2) is 25.8 Å². The molecule has 2 unspecified atom stereocenters. The Morgan fingerprint density at radius 1 is 1.35 bits per heavy atom. The molecule has 112 valence electrons. The maximum atomic E-state index is 6.24. The van der Waals surface area contributed by atoms with E-state index in [0.717, 1.165) is 36.5 Å². The quantitative estimate of drug-likeness (QED) is 0.836. The van der Waals surface area contributed by atoms with Crippen molar-refractivity contribution in [2.45, 2.75) is 50.7 Å². The van der Waals surface area contributed by atoms with Crippen molar-refractivity contribution in [1.29, 1.82) is 0 Å². The fourth-order valence-electron chi connectivity index (χ4n) is 2.72. The minimum atomic E-state index is 0.430. The van der Waals surface area contributed by atoms with E-state index in [1.165, 1.54) is 19.3 Å². The summed E-state index contributed by atoms with van der Waals surface area (Å²) in [5.41, 5.74) is 1.15. The van der Waals surface area contributed by atoms with Crippen LogP contribution in [0.15, 0.2) is 18.2 Å². The Bertz CT molecular complexity index is 419. The molecule has 0 saturated carbocycles. The number of rotatable bonds is 6. The van der Waals surface area contributed by atoms with Gasteiger partial charge in [-0.2, -0.15) is 0 Å². The maximum Gasteiger partial charge on any atom is 0.0575 e. The first kappa shape index (κ1) is 16.1. The number of likely N-dealkylation sites (N-methyl/N-ethyl adjacent to an activating group) is 1. The average Bonchev–Trinajstić information content (AvgIpc) is 2.46. The second kappa shape index (κ2) is 8.23. The van der Waals surface area contributed by atoms with Gasteiger partial charge < -0.3 is 10.1 Å². The van der Waals surface area contributed by atoms with E-state index < -0.39 is 0 Å². The lowest BCUT2D eigenvalue weighted by molar-refractivity contribution is 0.00870. The summed E-state index contributed by atoms with van der Waals surface area (Å²) in [6, 6.07) is 6.17.